The maximum Gasteiger partial charge on any atom is 0.475 e. The molecule has 0 spiro atoms. The Morgan fingerprint density at radius 2 is 1.47 bits per heavy atom. The minimum atomic E-state index is -3.35. The number of phosphoric ester groups is 1. The monoisotopic (exact) mass is 292 g/mol. The van der Waals surface area contributed by atoms with Crippen molar-refractivity contribution >= 4 is 7.82 Å². The predicted molar refractivity (Wildman–Crippen MR) is 77.3 cm³/mol. The van der Waals surface area contributed by atoms with Crippen LogP contribution < -0.4 is 0 Å². The first kappa shape index (κ1) is 17.2. The summed E-state index contributed by atoms with van der Waals surface area (Å²) in [5, 5.41) is 0. The third-order valence-corrected chi connectivity index (χ3v) is 4.88. The summed E-state index contributed by atoms with van der Waals surface area (Å²) in [6, 6.07) is 0. The molecule has 0 aromatic heterocycles. The van der Waals surface area contributed by atoms with Crippen LogP contribution in [0.2, 0.25) is 0 Å². The van der Waals surface area contributed by atoms with Gasteiger partial charge in [0.25, 0.3) is 0 Å². The molecule has 1 aliphatic rings. The van der Waals surface area contributed by atoms with Gasteiger partial charge in [-0.2, -0.15) is 0 Å². The van der Waals surface area contributed by atoms with Gasteiger partial charge in [-0.3, -0.25) is 13.6 Å². The quantitative estimate of drug-likeness (QED) is 0.416. The van der Waals surface area contributed by atoms with Crippen LogP contribution in [0.3, 0.4) is 0 Å². The first-order chi connectivity index (χ1) is 9.20. The second kappa shape index (κ2) is 9.93. The van der Waals surface area contributed by atoms with Crippen LogP contribution in [0.4, 0.5) is 0 Å². The molecule has 0 saturated heterocycles. The van der Waals surface area contributed by atoms with Crippen molar-refractivity contribution in [3.05, 3.63) is 0 Å². The average molecular weight is 292 g/mol. The molecule has 1 rings (SSSR count). The van der Waals surface area contributed by atoms with Gasteiger partial charge in [-0.15, -0.1) is 0 Å². The van der Waals surface area contributed by atoms with Crippen LogP contribution in [0.25, 0.3) is 0 Å². The third-order valence-electron chi connectivity index (χ3n) is 3.32. The van der Waals surface area contributed by atoms with Gasteiger partial charge in [-0.05, 0) is 25.7 Å². The highest BCUT2D eigenvalue weighted by atomic mass is 31.2. The van der Waals surface area contributed by atoms with Gasteiger partial charge in [0.05, 0.1) is 19.3 Å². The molecule has 19 heavy (non-hydrogen) atoms. The number of unbranched alkanes of at least 4 members (excludes halogenated alkanes) is 2. The van der Waals surface area contributed by atoms with Gasteiger partial charge in [-0.25, -0.2) is 4.57 Å². The standard InChI is InChI=1S/C14H29O4P/c1-3-5-12-16-19(15,17-13-6-4-2)18-14-10-8-7-9-11-14/h14H,3-13H2,1-2H3. The van der Waals surface area contributed by atoms with Crippen molar-refractivity contribution in [3.63, 3.8) is 0 Å². The van der Waals surface area contributed by atoms with Crippen molar-refractivity contribution in [1.29, 1.82) is 0 Å². The maximum atomic E-state index is 12.6. The van der Waals surface area contributed by atoms with E-state index < -0.39 is 7.82 Å². The summed E-state index contributed by atoms with van der Waals surface area (Å²) in [7, 11) is -3.35. The number of rotatable bonds is 10. The highest BCUT2D eigenvalue weighted by Crippen LogP contribution is 2.52. The minimum Gasteiger partial charge on any atom is -0.287 e. The van der Waals surface area contributed by atoms with E-state index in [-0.39, 0.29) is 6.10 Å². The van der Waals surface area contributed by atoms with E-state index >= 15 is 0 Å². The van der Waals surface area contributed by atoms with E-state index in [2.05, 4.69) is 13.8 Å². The summed E-state index contributed by atoms with van der Waals surface area (Å²) in [6.45, 7) is 5.06. The van der Waals surface area contributed by atoms with Crippen LogP contribution in [0.5, 0.6) is 0 Å². The van der Waals surface area contributed by atoms with Gasteiger partial charge in [0.1, 0.15) is 0 Å². The lowest BCUT2D eigenvalue weighted by molar-refractivity contribution is 0.0605. The minimum absolute atomic E-state index is 0.0443. The number of phosphoric acid groups is 1. The zero-order valence-electron chi connectivity index (χ0n) is 12.4. The Balaban J connectivity index is 2.43. The second-order valence-electron chi connectivity index (χ2n) is 5.19. The highest BCUT2D eigenvalue weighted by Gasteiger charge is 2.31. The fourth-order valence-corrected chi connectivity index (χ4v) is 3.57. The van der Waals surface area contributed by atoms with Gasteiger partial charge in [0, 0.05) is 0 Å². The molecule has 1 fully saturated rings. The molecule has 0 aromatic rings. The Morgan fingerprint density at radius 3 is 1.95 bits per heavy atom. The zero-order valence-corrected chi connectivity index (χ0v) is 13.3. The van der Waals surface area contributed by atoms with Crippen molar-refractivity contribution in [2.24, 2.45) is 0 Å². The van der Waals surface area contributed by atoms with Gasteiger partial charge >= 0.3 is 7.82 Å². The van der Waals surface area contributed by atoms with Gasteiger partial charge < -0.3 is 0 Å². The smallest absolute Gasteiger partial charge is 0.287 e. The molecule has 0 aliphatic heterocycles. The molecule has 1 saturated carbocycles. The van der Waals surface area contributed by atoms with E-state index in [4.69, 9.17) is 13.6 Å². The Bertz CT molecular complexity index is 250. The summed E-state index contributed by atoms with van der Waals surface area (Å²) >= 11 is 0. The lowest BCUT2D eigenvalue weighted by atomic mass is 9.98. The Morgan fingerprint density at radius 1 is 0.947 bits per heavy atom. The van der Waals surface area contributed by atoms with Crippen LogP contribution in [-0.2, 0) is 18.1 Å². The average Bonchev–Trinajstić information content (AvgIpc) is 2.40. The fourth-order valence-electron chi connectivity index (χ4n) is 2.09. The van der Waals surface area contributed by atoms with Crippen LogP contribution in [0, 0.1) is 0 Å². The summed E-state index contributed by atoms with van der Waals surface area (Å²) in [5.41, 5.74) is 0. The van der Waals surface area contributed by atoms with E-state index in [0.29, 0.717) is 13.2 Å². The predicted octanol–water partition coefficient (Wildman–Crippen LogP) is 5.08. The lowest BCUT2D eigenvalue weighted by Gasteiger charge is -2.26. The maximum absolute atomic E-state index is 12.6. The van der Waals surface area contributed by atoms with Crippen molar-refractivity contribution in [1.82, 2.24) is 0 Å². The summed E-state index contributed by atoms with van der Waals surface area (Å²) in [5.74, 6) is 0. The summed E-state index contributed by atoms with van der Waals surface area (Å²) in [4.78, 5) is 0. The Labute approximate surface area is 117 Å². The molecule has 0 heterocycles. The van der Waals surface area contributed by atoms with Crippen molar-refractivity contribution in [2.45, 2.75) is 77.7 Å². The largest absolute Gasteiger partial charge is 0.475 e. The molecular formula is C14H29O4P. The Hall–Kier alpha value is 0.110. The van der Waals surface area contributed by atoms with Crippen LogP contribution in [-0.4, -0.2) is 19.3 Å². The molecule has 0 unspecified atom stereocenters. The van der Waals surface area contributed by atoms with Crippen LogP contribution in [0.15, 0.2) is 0 Å². The topological polar surface area (TPSA) is 44.8 Å². The number of hydrogen-bond acceptors (Lipinski definition) is 4. The van der Waals surface area contributed by atoms with Crippen LogP contribution >= 0.6 is 7.82 Å². The number of hydrogen-bond donors (Lipinski definition) is 0. The van der Waals surface area contributed by atoms with E-state index in [1.165, 1.54) is 6.42 Å². The van der Waals surface area contributed by atoms with Gasteiger partial charge in [0.2, 0.25) is 0 Å². The van der Waals surface area contributed by atoms with Crippen molar-refractivity contribution in [3.8, 4) is 0 Å². The molecule has 0 amide bonds. The SMILES string of the molecule is CCCCOP(=O)(OCCCC)OC1CCCCC1. The lowest BCUT2D eigenvalue weighted by Crippen LogP contribution is -2.17. The van der Waals surface area contributed by atoms with Gasteiger partial charge in [-0.1, -0.05) is 46.0 Å². The van der Waals surface area contributed by atoms with E-state index in [1.807, 2.05) is 0 Å². The Kier molecular flexibility index (Phi) is 8.97. The molecule has 0 N–H and O–H groups in total. The third kappa shape index (κ3) is 7.45. The van der Waals surface area contributed by atoms with Gasteiger partial charge in [0.15, 0.2) is 0 Å². The molecule has 4 nitrogen and oxygen atoms in total. The van der Waals surface area contributed by atoms with Crippen LogP contribution in [0.1, 0.15) is 71.6 Å². The first-order valence-electron chi connectivity index (χ1n) is 7.77. The fraction of sp³-hybridized carbons (Fsp3) is 1.00. The molecule has 0 aromatic carbocycles. The summed E-state index contributed by atoms with van der Waals surface area (Å²) < 4.78 is 29.1. The van der Waals surface area contributed by atoms with E-state index in [1.54, 1.807) is 0 Å². The van der Waals surface area contributed by atoms with Crippen molar-refractivity contribution in [2.75, 3.05) is 13.2 Å². The highest BCUT2D eigenvalue weighted by molar-refractivity contribution is 7.48. The first-order valence-corrected chi connectivity index (χ1v) is 9.23. The molecule has 0 radical (unpaired) electrons. The van der Waals surface area contributed by atoms with E-state index in [0.717, 1.165) is 51.4 Å². The molecule has 1 aliphatic carbocycles. The summed E-state index contributed by atoms with van der Waals surface area (Å²) in [6.07, 6.45) is 9.32. The second-order valence-corrected chi connectivity index (χ2v) is 6.81. The molecule has 0 atom stereocenters. The normalized spacial score (nSPS) is 17.8. The van der Waals surface area contributed by atoms with E-state index in [9.17, 15) is 4.57 Å². The molecule has 114 valence electrons. The zero-order chi connectivity index (χ0) is 14.0. The van der Waals surface area contributed by atoms with Crippen molar-refractivity contribution < 1.29 is 18.1 Å². The molecular weight excluding hydrogens is 263 g/mol. The molecule has 0 bridgehead atoms. The molecule has 5 heteroatoms.